The Labute approximate surface area is 171 Å². The molecule has 0 amide bonds. The molecule has 0 saturated heterocycles. The summed E-state index contributed by atoms with van der Waals surface area (Å²) in [4.78, 5) is 4.62. The number of hydrogen-bond acceptors (Lipinski definition) is 5. The summed E-state index contributed by atoms with van der Waals surface area (Å²) in [6, 6.07) is 14.4. The molecule has 4 nitrogen and oxygen atoms in total. The maximum absolute atomic E-state index is 5.73. The van der Waals surface area contributed by atoms with Crippen molar-refractivity contribution in [2.45, 2.75) is 40.0 Å². The Morgan fingerprint density at radius 2 is 1.89 bits per heavy atom. The molecule has 0 unspecified atom stereocenters. The molecular weight excluding hydrogens is 366 g/mol. The highest BCUT2D eigenvalue weighted by Gasteiger charge is 2.05. The highest BCUT2D eigenvalue weighted by atomic mass is 32.1. The van der Waals surface area contributed by atoms with Gasteiger partial charge in [0.05, 0.1) is 18.5 Å². The van der Waals surface area contributed by atoms with E-state index in [0.717, 1.165) is 40.7 Å². The van der Waals surface area contributed by atoms with Crippen LogP contribution >= 0.6 is 11.3 Å². The zero-order valence-corrected chi connectivity index (χ0v) is 17.6. The number of ether oxygens (including phenoxy) is 1. The van der Waals surface area contributed by atoms with E-state index >= 15 is 0 Å². The molecule has 0 aliphatic rings. The molecule has 1 aromatic heterocycles. The number of benzene rings is 2. The fourth-order valence-corrected chi connectivity index (χ4v) is 3.38. The van der Waals surface area contributed by atoms with Gasteiger partial charge in [-0.15, -0.1) is 11.3 Å². The number of hydrazone groups is 1. The van der Waals surface area contributed by atoms with Crippen LogP contribution in [-0.2, 0) is 0 Å². The number of anilines is 1. The topological polar surface area (TPSA) is 46.5 Å². The summed E-state index contributed by atoms with van der Waals surface area (Å²) in [5.41, 5.74) is 8.69. The lowest BCUT2D eigenvalue weighted by atomic mass is 10.1. The molecule has 0 fully saturated rings. The molecule has 1 N–H and O–H groups in total. The Hall–Kier alpha value is -2.66. The minimum Gasteiger partial charge on any atom is -0.494 e. The molecule has 0 bridgehead atoms. The van der Waals surface area contributed by atoms with Gasteiger partial charge in [-0.25, -0.2) is 4.98 Å². The molecular formula is C23H27N3OS. The van der Waals surface area contributed by atoms with E-state index < -0.39 is 0 Å². The largest absolute Gasteiger partial charge is 0.494 e. The summed E-state index contributed by atoms with van der Waals surface area (Å²) in [7, 11) is 0. The van der Waals surface area contributed by atoms with Crippen molar-refractivity contribution in [3.63, 3.8) is 0 Å². The highest BCUT2D eigenvalue weighted by Crippen LogP contribution is 2.26. The third-order valence-corrected chi connectivity index (χ3v) is 5.32. The van der Waals surface area contributed by atoms with Gasteiger partial charge in [0.2, 0.25) is 5.13 Å². The van der Waals surface area contributed by atoms with Crippen LogP contribution in [0.3, 0.4) is 0 Å². The molecule has 0 radical (unpaired) electrons. The fraction of sp³-hybridized carbons (Fsp3) is 0.304. The van der Waals surface area contributed by atoms with E-state index in [4.69, 9.17) is 4.74 Å². The summed E-state index contributed by atoms with van der Waals surface area (Å²) in [6.07, 6.45) is 5.30. The van der Waals surface area contributed by atoms with Crippen LogP contribution in [0.25, 0.3) is 11.3 Å². The van der Waals surface area contributed by atoms with Crippen molar-refractivity contribution in [3.8, 4) is 17.0 Å². The third kappa shape index (κ3) is 5.67. The van der Waals surface area contributed by atoms with E-state index in [1.807, 2.05) is 29.6 Å². The molecule has 0 aliphatic heterocycles. The fourth-order valence-electron chi connectivity index (χ4n) is 2.71. The first-order valence-corrected chi connectivity index (χ1v) is 10.6. The number of hydrogen-bond donors (Lipinski definition) is 1. The number of aryl methyl sites for hydroxylation is 2. The second-order valence-corrected chi connectivity index (χ2v) is 7.69. The summed E-state index contributed by atoms with van der Waals surface area (Å²) in [5, 5.41) is 7.13. The van der Waals surface area contributed by atoms with Crippen molar-refractivity contribution in [2.24, 2.45) is 5.10 Å². The predicted molar refractivity (Wildman–Crippen MR) is 120 cm³/mol. The van der Waals surface area contributed by atoms with Crippen molar-refractivity contribution in [1.82, 2.24) is 4.98 Å². The lowest BCUT2D eigenvalue weighted by Gasteiger charge is -2.05. The number of nitrogens with one attached hydrogen (secondary N) is 1. The van der Waals surface area contributed by atoms with E-state index in [1.54, 1.807) is 17.6 Å². The first kappa shape index (κ1) is 20.1. The van der Waals surface area contributed by atoms with E-state index in [0.29, 0.717) is 0 Å². The van der Waals surface area contributed by atoms with E-state index in [1.165, 1.54) is 24.0 Å². The van der Waals surface area contributed by atoms with Crippen molar-refractivity contribution in [2.75, 3.05) is 12.0 Å². The average Bonchev–Trinajstić information content (AvgIpc) is 3.17. The zero-order chi connectivity index (χ0) is 19.8. The number of rotatable bonds is 9. The average molecular weight is 394 g/mol. The number of unbranched alkanes of at least 4 members (excludes halogenated alkanes) is 2. The lowest BCUT2D eigenvalue weighted by molar-refractivity contribution is 0.306. The Bertz CT molecular complexity index is 916. The standard InChI is InChI=1S/C23H27N3OS/c1-4-5-6-13-27-21-11-8-19(9-12-21)15-24-26-23-25-22(16-28-23)20-10-7-17(2)18(3)14-20/h7-12,14-16H,4-6,13H2,1-3H3,(H,25,26)/b24-15-. The molecule has 0 saturated carbocycles. The van der Waals surface area contributed by atoms with Crippen LogP contribution in [-0.4, -0.2) is 17.8 Å². The molecule has 2 aromatic carbocycles. The van der Waals surface area contributed by atoms with Gasteiger partial charge in [0.25, 0.3) is 0 Å². The monoisotopic (exact) mass is 393 g/mol. The normalized spacial score (nSPS) is 11.1. The summed E-state index contributed by atoms with van der Waals surface area (Å²) >= 11 is 1.55. The SMILES string of the molecule is CCCCCOc1ccc(/C=N\Nc2nc(-c3ccc(C)c(C)c3)cs2)cc1. The zero-order valence-electron chi connectivity index (χ0n) is 16.7. The smallest absolute Gasteiger partial charge is 0.203 e. The Kier molecular flexibility index (Phi) is 7.20. The summed E-state index contributed by atoms with van der Waals surface area (Å²) in [5.74, 6) is 0.902. The molecule has 146 valence electrons. The predicted octanol–water partition coefficient (Wildman–Crippen LogP) is 6.44. The van der Waals surface area contributed by atoms with Crippen LogP contribution in [0.1, 0.15) is 42.9 Å². The van der Waals surface area contributed by atoms with Crippen molar-refractivity contribution < 1.29 is 4.74 Å². The van der Waals surface area contributed by atoms with Crippen LogP contribution < -0.4 is 10.2 Å². The minimum atomic E-state index is 0.774. The van der Waals surface area contributed by atoms with Crippen molar-refractivity contribution in [1.29, 1.82) is 0 Å². The molecule has 0 atom stereocenters. The summed E-state index contributed by atoms with van der Waals surface area (Å²) < 4.78 is 5.73. The van der Waals surface area contributed by atoms with Gasteiger partial charge in [0.15, 0.2) is 0 Å². The number of nitrogens with zero attached hydrogens (tertiary/aromatic N) is 2. The van der Waals surface area contributed by atoms with E-state index in [2.05, 4.69) is 54.5 Å². The van der Waals surface area contributed by atoms with Gasteiger partial charge in [-0.1, -0.05) is 31.9 Å². The first-order chi connectivity index (χ1) is 13.7. The van der Waals surface area contributed by atoms with Gasteiger partial charge in [0, 0.05) is 10.9 Å². The highest BCUT2D eigenvalue weighted by molar-refractivity contribution is 7.14. The van der Waals surface area contributed by atoms with Crippen LogP contribution in [0.15, 0.2) is 52.9 Å². The first-order valence-electron chi connectivity index (χ1n) is 9.71. The molecule has 0 spiro atoms. The molecule has 3 rings (SSSR count). The van der Waals surface area contributed by atoms with Crippen LogP contribution in [0.5, 0.6) is 5.75 Å². The molecule has 28 heavy (non-hydrogen) atoms. The van der Waals surface area contributed by atoms with E-state index in [-0.39, 0.29) is 0 Å². The molecule has 3 aromatic rings. The van der Waals surface area contributed by atoms with Gasteiger partial charge >= 0.3 is 0 Å². The van der Waals surface area contributed by atoms with Crippen LogP contribution in [0, 0.1) is 13.8 Å². The third-order valence-electron chi connectivity index (χ3n) is 4.58. The summed E-state index contributed by atoms with van der Waals surface area (Å²) in [6.45, 7) is 7.21. The Balaban J connectivity index is 1.53. The van der Waals surface area contributed by atoms with Gasteiger partial charge in [-0.3, -0.25) is 5.43 Å². The van der Waals surface area contributed by atoms with Crippen LogP contribution in [0.4, 0.5) is 5.13 Å². The maximum atomic E-state index is 5.73. The van der Waals surface area contributed by atoms with Gasteiger partial charge in [-0.2, -0.15) is 5.10 Å². The van der Waals surface area contributed by atoms with E-state index in [9.17, 15) is 0 Å². The molecule has 5 heteroatoms. The number of aromatic nitrogens is 1. The quantitative estimate of drug-likeness (QED) is 0.258. The van der Waals surface area contributed by atoms with Crippen molar-refractivity contribution >= 4 is 22.7 Å². The molecule has 0 aliphatic carbocycles. The number of thiazole rings is 1. The second-order valence-electron chi connectivity index (χ2n) is 6.83. The van der Waals surface area contributed by atoms with Crippen molar-refractivity contribution in [3.05, 3.63) is 64.5 Å². The second kappa shape index (κ2) is 10.0. The Morgan fingerprint density at radius 1 is 1.07 bits per heavy atom. The minimum absolute atomic E-state index is 0.774. The lowest BCUT2D eigenvalue weighted by Crippen LogP contribution is -1.97. The maximum Gasteiger partial charge on any atom is 0.203 e. The molecule has 1 heterocycles. The van der Waals surface area contributed by atoms with Gasteiger partial charge < -0.3 is 4.74 Å². The van der Waals surface area contributed by atoms with Crippen LogP contribution in [0.2, 0.25) is 0 Å². The van der Waals surface area contributed by atoms with Gasteiger partial charge in [-0.05, 0) is 67.3 Å². The van der Waals surface area contributed by atoms with Gasteiger partial charge in [0.1, 0.15) is 5.75 Å². The Morgan fingerprint density at radius 3 is 2.64 bits per heavy atom.